The van der Waals surface area contributed by atoms with Crippen molar-refractivity contribution in [2.45, 2.75) is 77.5 Å². The van der Waals surface area contributed by atoms with Gasteiger partial charge in [0.2, 0.25) is 17.7 Å². The van der Waals surface area contributed by atoms with Gasteiger partial charge in [-0.25, -0.2) is 4.79 Å². The lowest BCUT2D eigenvalue weighted by atomic mass is 9.98. The highest BCUT2D eigenvalue weighted by atomic mass is 32.2. The highest BCUT2D eigenvalue weighted by Crippen LogP contribution is 2.20. The van der Waals surface area contributed by atoms with Crippen LogP contribution in [0, 0.1) is 11.8 Å². The molecule has 0 aliphatic rings. The topological polar surface area (TPSA) is 166 Å². The Morgan fingerprint density at radius 3 is 2.21 bits per heavy atom. The Morgan fingerprint density at radius 2 is 1.59 bits per heavy atom. The van der Waals surface area contributed by atoms with Crippen molar-refractivity contribution >= 4 is 46.4 Å². The number of carboxylic acid groups (broad SMARTS) is 1. The third kappa shape index (κ3) is 9.58. The minimum absolute atomic E-state index is 0.0520. The Balaban J connectivity index is 2.30. The van der Waals surface area contributed by atoms with Crippen LogP contribution >= 0.6 is 11.8 Å². The molecule has 2 rings (SSSR count). The number of fused-ring (bicyclic) bond motifs is 1. The monoisotopic (exact) mass is 561 g/mol. The largest absolute Gasteiger partial charge is 0.480 e. The highest BCUT2D eigenvalue weighted by Gasteiger charge is 2.31. The van der Waals surface area contributed by atoms with Gasteiger partial charge in [0.1, 0.15) is 18.1 Å². The third-order valence-corrected chi connectivity index (χ3v) is 7.50. The standard InChI is InChI=1S/C28H43N5O5S/c1-6-17(4)24(29)27(36)32-22(14-18-15-30-20-10-8-7-9-19(18)20)26(35)31-21(11-12-39-5)25(34)33-23(28(37)38)13-16(2)3/h7-10,15-17,21-24,30H,6,11-14,29H2,1-5H3,(H,31,35)(H,32,36)(H,33,34)(H,37,38). The average molecular weight is 562 g/mol. The van der Waals surface area contributed by atoms with Crippen molar-refractivity contribution in [2.75, 3.05) is 12.0 Å². The van der Waals surface area contributed by atoms with E-state index in [0.29, 0.717) is 18.6 Å². The molecule has 1 aromatic heterocycles. The van der Waals surface area contributed by atoms with Crippen LogP contribution < -0.4 is 21.7 Å². The maximum atomic E-state index is 13.6. The van der Waals surface area contributed by atoms with Crippen molar-refractivity contribution < 1.29 is 24.3 Å². The van der Waals surface area contributed by atoms with Gasteiger partial charge < -0.3 is 31.8 Å². The number of thioether (sulfide) groups is 1. The molecule has 0 spiro atoms. The van der Waals surface area contributed by atoms with Gasteiger partial charge in [0.25, 0.3) is 0 Å². The summed E-state index contributed by atoms with van der Waals surface area (Å²) in [4.78, 5) is 54.6. The minimum Gasteiger partial charge on any atom is -0.480 e. The maximum absolute atomic E-state index is 13.6. The number of H-pyrrole nitrogens is 1. The van der Waals surface area contributed by atoms with Crippen LogP contribution in [-0.2, 0) is 25.6 Å². The van der Waals surface area contributed by atoms with E-state index in [-0.39, 0.29) is 24.7 Å². The Labute approximate surface area is 234 Å². The van der Waals surface area contributed by atoms with Crippen LogP contribution in [0.5, 0.6) is 0 Å². The van der Waals surface area contributed by atoms with Crippen molar-refractivity contribution in [1.29, 1.82) is 0 Å². The highest BCUT2D eigenvalue weighted by molar-refractivity contribution is 7.98. The quantitative estimate of drug-likeness (QED) is 0.183. The average Bonchev–Trinajstić information content (AvgIpc) is 3.31. The van der Waals surface area contributed by atoms with Crippen molar-refractivity contribution in [3.8, 4) is 0 Å². The second kappa shape index (κ2) is 15.5. The number of amides is 3. The molecule has 0 fully saturated rings. The lowest BCUT2D eigenvalue weighted by molar-refractivity contribution is -0.142. The van der Waals surface area contributed by atoms with E-state index in [4.69, 9.17) is 5.73 Å². The van der Waals surface area contributed by atoms with E-state index in [2.05, 4.69) is 20.9 Å². The number of aromatic amines is 1. The molecular weight excluding hydrogens is 518 g/mol. The summed E-state index contributed by atoms with van der Waals surface area (Å²) < 4.78 is 0. The number of carbonyl (C=O) groups excluding carboxylic acids is 3. The molecule has 7 N–H and O–H groups in total. The summed E-state index contributed by atoms with van der Waals surface area (Å²) in [5.41, 5.74) is 7.88. The number of para-hydroxylation sites is 1. The van der Waals surface area contributed by atoms with E-state index in [9.17, 15) is 24.3 Å². The molecule has 0 aliphatic carbocycles. The molecule has 11 heteroatoms. The number of benzene rings is 1. The molecule has 1 heterocycles. The number of aliphatic carboxylic acids is 1. The van der Waals surface area contributed by atoms with Crippen molar-refractivity contribution in [3.05, 3.63) is 36.0 Å². The summed E-state index contributed by atoms with van der Waals surface area (Å²) in [6, 6.07) is 3.82. The second-order valence-corrected chi connectivity index (χ2v) is 11.4. The first-order chi connectivity index (χ1) is 18.5. The van der Waals surface area contributed by atoms with Crippen molar-refractivity contribution in [1.82, 2.24) is 20.9 Å². The van der Waals surface area contributed by atoms with E-state index in [1.54, 1.807) is 6.20 Å². The van der Waals surface area contributed by atoms with Crippen LogP contribution in [0.1, 0.15) is 52.5 Å². The van der Waals surface area contributed by atoms with Crippen LogP contribution in [-0.4, -0.2) is 70.0 Å². The number of carboxylic acids is 1. The Bertz CT molecular complexity index is 1120. The van der Waals surface area contributed by atoms with Gasteiger partial charge in [-0.15, -0.1) is 0 Å². The molecule has 0 saturated carbocycles. The van der Waals surface area contributed by atoms with Gasteiger partial charge in [0, 0.05) is 23.5 Å². The second-order valence-electron chi connectivity index (χ2n) is 10.4. The van der Waals surface area contributed by atoms with Gasteiger partial charge in [-0.05, 0) is 48.3 Å². The first kappa shape index (κ1) is 32.2. The lowest BCUT2D eigenvalue weighted by Gasteiger charge is -2.26. The van der Waals surface area contributed by atoms with Gasteiger partial charge in [-0.1, -0.05) is 52.3 Å². The number of hydrogen-bond donors (Lipinski definition) is 6. The normalized spacial score (nSPS) is 15.3. The molecular formula is C28H43N5O5S. The van der Waals surface area contributed by atoms with E-state index in [0.717, 1.165) is 16.5 Å². The fourth-order valence-electron chi connectivity index (χ4n) is 4.25. The van der Waals surface area contributed by atoms with Crippen molar-refractivity contribution in [2.24, 2.45) is 17.6 Å². The molecule has 3 amide bonds. The number of hydrogen-bond acceptors (Lipinski definition) is 6. The smallest absolute Gasteiger partial charge is 0.326 e. The summed E-state index contributed by atoms with van der Waals surface area (Å²) in [5.74, 6) is -2.15. The summed E-state index contributed by atoms with van der Waals surface area (Å²) in [7, 11) is 0. The van der Waals surface area contributed by atoms with Gasteiger partial charge in [-0.3, -0.25) is 14.4 Å². The Morgan fingerprint density at radius 1 is 0.974 bits per heavy atom. The molecule has 39 heavy (non-hydrogen) atoms. The zero-order valence-electron chi connectivity index (χ0n) is 23.5. The van der Waals surface area contributed by atoms with Crippen molar-refractivity contribution in [3.63, 3.8) is 0 Å². The molecule has 5 atom stereocenters. The first-order valence-corrected chi connectivity index (χ1v) is 14.8. The first-order valence-electron chi connectivity index (χ1n) is 13.4. The zero-order valence-corrected chi connectivity index (χ0v) is 24.3. The van der Waals surface area contributed by atoms with Gasteiger partial charge in [0.05, 0.1) is 6.04 Å². The van der Waals surface area contributed by atoms with Gasteiger partial charge in [0.15, 0.2) is 0 Å². The maximum Gasteiger partial charge on any atom is 0.326 e. The molecule has 0 radical (unpaired) electrons. The molecule has 10 nitrogen and oxygen atoms in total. The van der Waals surface area contributed by atoms with E-state index in [1.807, 2.05) is 58.2 Å². The van der Waals surface area contributed by atoms with Crippen LogP contribution in [0.15, 0.2) is 30.5 Å². The molecule has 216 valence electrons. The lowest BCUT2D eigenvalue weighted by Crippen LogP contribution is -2.58. The van der Waals surface area contributed by atoms with Crippen LogP contribution in [0.3, 0.4) is 0 Å². The minimum atomic E-state index is -1.13. The molecule has 5 unspecified atom stereocenters. The van der Waals surface area contributed by atoms with Crippen LogP contribution in [0.4, 0.5) is 0 Å². The predicted octanol–water partition coefficient (Wildman–Crippen LogP) is 2.42. The number of nitrogens with one attached hydrogen (secondary N) is 4. The summed E-state index contributed by atoms with van der Waals surface area (Å²) in [6.45, 7) is 7.55. The van der Waals surface area contributed by atoms with E-state index in [1.165, 1.54) is 11.8 Å². The number of aromatic nitrogens is 1. The van der Waals surface area contributed by atoms with Gasteiger partial charge >= 0.3 is 5.97 Å². The summed E-state index contributed by atoms with van der Waals surface area (Å²) in [6.07, 6.45) is 5.12. The number of carbonyl (C=O) groups is 4. The van der Waals surface area contributed by atoms with E-state index >= 15 is 0 Å². The summed E-state index contributed by atoms with van der Waals surface area (Å²) in [5, 5.41) is 18.6. The fourth-order valence-corrected chi connectivity index (χ4v) is 4.72. The summed E-state index contributed by atoms with van der Waals surface area (Å²) >= 11 is 1.51. The Hall–Kier alpha value is -3.05. The molecule has 0 bridgehead atoms. The molecule has 0 aliphatic heterocycles. The van der Waals surface area contributed by atoms with Gasteiger partial charge in [-0.2, -0.15) is 11.8 Å². The van der Waals surface area contributed by atoms with Crippen LogP contribution in [0.2, 0.25) is 0 Å². The van der Waals surface area contributed by atoms with Crippen LogP contribution in [0.25, 0.3) is 10.9 Å². The number of nitrogens with two attached hydrogens (primary N) is 1. The molecule has 0 saturated heterocycles. The third-order valence-electron chi connectivity index (χ3n) is 6.86. The fraction of sp³-hybridized carbons (Fsp3) is 0.571. The molecule has 1 aromatic carbocycles. The molecule has 2 aromatic rings. The number of rotatable bonds is 16. The SMILES string of the molecule is CCC(C)C(N)C(=O)NC(Cc1c[nH]c2ccccc12)C(=O)NC(CCSC)C(=O)NC(CC(C)C)C(=O)O. The predicted molar refractivity (Wildman–Crippen MR) is 155 cm³/mol. The Kier molecular flexibility index (Phi) is 12.8. The zero-order chi connectivity index (χ0) is 29.1. The van der Waals surface area contributed by atoms with E-state index < -0.39 is 47.9 Å².